The second kappa shape index (κ2) is 5.35. The van der Waals surface area contributed by atoms with Crippen molar-refractivity contribution >= 4 is 33.5 Å². The van der Waals surface area contributed by atoms with Gasteiger partial charge in [0.2, 0.25) is 11.7 Å². The summed E-state index contributed by atoms with van der Waals surface area (Å²) in [6, 6.07) is 5.16. The molecule has 0 saturated heterocycles. The normalized spacial score (nSPS) is 11.0. The van der Waals surface area contributed by atoms with Crippen LogP contribution in [0.2, 0.25) is 5.02 Å². The predicted molar refractivity (Wildman–Crippen MR) is 75.7 cm³/mol. The van der Waals surface area contributed by atoms with E-state index < -0.39 is 5.97 Å². The highest BCUT2D eigenvalue weighted by Gasteiger charge is 2.23. The predicted octanol–water partition coefficient (Wildman–Crippen LogP) is 4.58. The highest BCUT2D eigenvalue weighted by molar-refractivity contribution is 9.10. The van der Waals surface area contributed by atoms with Crippen molar-refractivity contribution in [3.63, 3.8) is 0 Å². The van der Waals surface area contributed by atoms with Gasteiger partial charge in [-0.05, 0) is 40.0 Å². The van der Waals surface area contributed by atoms with Crippen LogP contribution < -0.4 is 0 Å². The zero-order valence-corrected chi connectivity index (χ0v) is 12.6. The van der Waals surface area contributed by atoms with E-state index in [0.717, 1.165) is 4.47 Å². The molecular weight excluding hydrogens is 334 g/mol. The van der Waals surface area contributed by atoms with Crippen molar-refractivity contribution < 1.29 is 14.3 Å². The Balaban J connectivity index is 2.60. The monoisotopic (exact) mass is 343 g/mol. The first-order chi connectivity index (χ1) is 8.90. The molecule has 0 aliphatic carbocycles. The number of benzene rings is 1. The summed E-state index contributed by atoms with van der Waals surface area (Å²) in [4.78, 5) is 15.4. The van der Waals surface area contributed by atoms with Crippen molar-refractivity contribution in [3.8, 4) is 11.5 Å². The van der Waals surface area contributed by atoms with E-state index in [1.165, 1.54) is 0 Å². The summed E-state index contributed by atoms with van der Waals surface area (Å²) in [5, 5.41) is 9.65. The molecule has 6 heteroatoms. The molecular formula is C13H11BrClNO3. The van der Waals surface area contributed by atoms with Crippen LogP contribution in [0.4, 0.5) is 0 Å². The second-order valence-corrected chi connectivity index (χ2v) is 5.61. The SMILES string of the molecule is CC(C)c1nc(-c2cc(Cl)ccc2Br)oc1C(=O)O. The molecule has 0 aliphatic heterocycles. The molecule has 0 atom stereocenters. The Kier molecular flexibility index (Phi) is 3.96. The Morgan fingerprint density at radius 2 is 2.16 bits per heavy atom. The lowest BCUT2D eigenvalue weighted by atomic mass is 10.1. The van der Waals surface area contributed by atoms with Gasteiger partial charge in [0.05, 0.1) is 11.3 Å². The lowest BCUT2D eigenvalue weighted by molar-refractivity contribution is 0.0661. The van der Waals surface area contributed by atoms with Crippen molar-refractivity contribution in [1.29, 1.82) is 0 Å². The van der Waals surface area contributed by atoms with Gasteiger partial charge in [-0.3, -0.25) is 0 Å². The molecule has 1 aromatic carbocycles. The average Bonchev–Trinajstić information content (AvgIpc) is 2.77. The van der Waals surface area contributed by atoms with Crippen LogP contribution in [0.1, 0.15) is 36.0 Å². The molecule has 1 heterocycles. The first kappa shape index (κ1) is 14.1. The third kappa shape index (κ3) is 2.82. The number of aromatic nitrogens is 1. The van der Waals surface area contributed by atoms with Gasteiger partial charge in [-0.15, -0.1) is 0 Å². The summed E-state index contributed by atoms with van der Waals surface area (Å²) < 4.78 is 6.10. The Hall–Kier alpha value is -1.33. The number of carboxylic acids is 1. The number of carbonyl (C=O) groups is 1. The molecule has 0 spiro atoms. The first-order valence-electron chi connectivity index (χ1n) is 5.59. The molecule has 4 nitrogen and oxygen atoms in total. The maximum absolute atomic E-state index is 11.2. The Morgan fingerprint density at radius 3 is 2.68 bits per heavy atom. The van der Waals surface area contributed by atoms with Crippen molar-refractivity contribution in [3.05, 3.63) is 39.1 Å². The summed E-state index contributed by atoms with van der Waals surface area (Å²) >= 11 is 9.30. The zero-order chi connectivity index (χ0) is 14.2. The molecule has 0 aliphatic rings. The van der Waals surface area contributed by atoms with E-state index in [4.69, 9.17) is 21.1 Å². The zero-order valence-electron chi connectivity index (χ0n) is 10.3. The third-order valence-electron chi connectivity index (χ3n) is 2.55. The van der Waals surface area contributed by atoms with Gasteiger partial charge in [0.1, 0.15) is 0 Å². The molecule has 1 N–H and O–H groups in total. The van der Waals surface area contributed by atoms with Crippen LogP contribution >= 0.6 is 27.5 Å². The van der Waals surface area contributed by atoms with Gasteiger partial charge in [-0.1, -0.05) is 25.4 Å². The van der Waals surface area contributed by atoms with Crippen LogP contribution in [-0.4, -0.2) is 16.1 Å². The molecule has 0 amide bonds. The first-order valence-corrected chi connectivity index (χ1v) is 6.76. The van der Waals surface area contributed by atoms with Gasteiger partial charge >= 0.3 is 5.97 Å². The van der Waals surface area contributed by atoms with Gasteiger partial charge < -0.3 is 9.52 Å². The maximum atomic E-state index is 11.2. The van der Waals surface area contributed by atoms with Gasteiger partial charge in [0.15, 0.2) is 0 Å². The summed E-state index contributed by atoms with van der Waals surface area (Å²) in [6.45, 7) is 3.72. The lowest BCUT2D eigenvalue weighted by Crippen LogP contribution is -2.01. The fourth-order valence-corrected chi connectivity index (χ4v) is 2.24. The summed E-state index contributed by atoms with van der Waals surface area (Å²) in [6.07, 6.45) is 0. The van der Waals surface area contributed by atoms with Gasteiger partial charge in [0.25, 0.3) is 0 Å². The van der Waals surface area contributed by atoms with E-state index in [0.29, 0.717) is 16.3 Å². The van der Waals surface area contributed by atoms with E-state index in [2.05, 4.69) is 20.9 Å². The quantitative estimate of drug-likeness (QED) is 0.885. The van der Waals surface area contributed by atoms with E-state index in [1.54, 1.807) is 18.2 Å². The second-order valence-electron chi connectivity index (χ2n) is 4.32. The van der Waals surface area contributed by atoms with Crippen LogP contribution in [0.5, 0.6) is 0 Å². The standard InChI is InChI=1S/C13H11BrClNO3/c1-6(2)10-11(13(17)18)19-12(16-10)8-5-7(15)3-4-9(8)14/h3-6H,1-2H3,(H,17,18). The number of carboxylic acid groups (broad SMARTS) is 1. The molecule has 0 radical (unpaired) electrons. The number of oxazole rings is 1. The minimum absolute atomic E-state index is 0.0402. The highest BCUT2D eigenvalue weighted by atomic mass is 79.9. The summed E-state index contributed by atoms with van der Waals surface area (Å²) in [5.41, 5.74) is 1.05. The molecule has 0 bridgehead atoms. The smallest absolute Gasteiger partial charge is 0.373 e. The molecule has 1 aromatic heterocycles. The Morgan fingerprint density at radius 1 is 1.47 bits per heavy atom. The van der Waals surface area contributed by atoms with E-state index >= 15 is 0 Å². The number of aromatic carboxylic acids is 1. The van der Waals surface area contributed by atoms with Crippen molar-refractivity contribution in [2.75, 3.05) is 0 Å². The number of hydrogen-bond donors (Lipinski definition) is 1. The molecule has 2 aromatic rings. The Labute approximate surface area is 123 Å². The molecule has 0 unspecified atom stereocenters. The summed E-state index contributed by atoms with van der Waals surface area (Å²) in [7, 11) is 0. The van der Waals surface area contributed by atoms with Gasteiger partial charge in [-0.25, -0.2) is 9.78 Å². The molecule has 100 valence electrons. The van der Waals surface area contributed by atoms with E-state index in [-0.39, 0.29) is 17.6 Å². The van der Waals surface area contributed by atoms with Crippen LogP contribution in [0.15, 0.2) is 27.1 Å². The minimum Gasteiger partial charge on any atom is -0.475 e. The highest BCUT2D eigenvalue weighted by Crippen LogP contribution is 2.33. The van der Waals surface area contributed by atoms with E-state index in [9.17, 15) is 4.79 Å². The number of rotatable bonds is 3. The number of hydrogen-bond acceptors (Lipinski definition) is 3. The maximum Gasteiger partial charge on any atom is 0.373 e. The molecule has 0 saturated carbocycles. The number of nitrogens with zero attached hydrogens (tertiary/aromatic N) is 1. The average molecular weight is 345 g/mol. The summed E-state index contributed by atoms with van der Waals surface area (Å²) in [5.74, 6) is -1.05. The number of halogens is 2. The molecule has 2 rings (SSSR count). The fourth-order valence-electron chi connectivity index (χ4n) is 1.65. The van der Waals surface area contributed by atoms with Crippen molar-refractivity contribution in [2.24, 2.45) is 0 Å². The minimum atomic E-state index is -1.12. The van der Waals surface area contributed by atoms with Crippen molar-refractivity contribution in [1.82, 2.24) is 4.98 Å². The Bertz CT molecular complexity index is 637. The molecule has 19 heavy (non-hydrogen) atoms. The third-order valence-corrected chi connectivity index (χ3v) is 3.48. The van der Waals surface area contributed by atoms with E-state index in [1.807, 2.05) is 13.8 Å². The van der Waals surface area contributed by atoms with Gasteiger partial charge in [0, 0.05) is 9.50 Å². The van der Waals surface area contributed by atoms with Crippen LogP contribution in [0, 0.1) is 0 Å². The van der Waals surface area contributed by atoms with Crippen LogP contribution in [0.25, 0.3) is 11.5 Å². The fraction of sp³-hybridized carbons (Fsp3) is 0.231. The van der Waals surface area contributed by atoms with Crippen molar-refractivity contribution in [2.45, 2.75) is 19.8 Å². The van der Waals surface area contributed by atoms with Gasteiger partial charge in [-0.2, -0.15) is 0 Å². The molecule has 0 fully saturated rings. The lowest BCUT2D eigenvalue weighted by Gasteiger charge is -2.00. The largest absolute Gasteiger partial charge is 0.475 e. The van der Waals surface area contributed by atoms with Crippen LogP contribution in [0.3, 0.4) is 0 Å². The van der Waals surface area contributed by atoms with Crippen LogP contribution in [-0.2, 0) is 0 Å². The topological polar surface area (TPSA) is 63.3 Å².